The Morgan fingerprint density at radius 1 is 0.793 bits per heavy atom. The Kier molecular flexibility index (Phi) is 7.01. The maximum absolute atomic E-state index is 13.0. The lowest BCUT2D eigenvalue weighted by atomic mass is 9.94. The SMILES string of the molecule is O=C(C1CCN(Cc2cccc(Br)c2)CC1)N1CCN(Cc2ccccc2)CC1. The molecule has 0 spiro atoms. The number of carbonyl (C=O) groups is 1. The quantitative estimate of drug-likeness (QED) is 0.681. The monoisotopic (exact) mass is 455 g/mol. The lowest BCUT2D eigenvalue weighted by molar-refractivity contribution is -0.139. The molecule has 4 rings (SSSR count). The second-order valence-corrected chi connectivity index (χ2v) is 9.18. The van der Waals surface area contributed by atoms with Crippen LogP contribution in [0.15, 0.2) is 59.1 Å². The van der Waals surface area contributed by atoms with Crippen LogP contribution in [0.5, 0.6) is 0 Å². The fourth-order valence-corrected chi connectivity index (χ4v) is 4.90. The Balaban J connectivity index is 1.21. The zero-order valence-electron chi connectivity index (χ0n) is 17.0. The highest BCUT2D eigenvalue weighted by molar-refractivity contribution is 9.10. The van der Waals surface area contributed by atoms with Gasteiger partial charge in [0.15, 0.2) is 0 Å². The van der Waals surface area contributed by atoms with E-state index in [0.29, 0.717) is 5.91 Å². The smallest absolute Gasteiger partial charge is 0.225 e. The summed E-state index contributed by atoms with van der Waals surface area (Å²) in [5.41, 5.74) is 2.68. The molecule has 2 aromatic rings. The Bertz CT molecular complexity index is 797. The van der Waals surface area contributed by atoms with Crippen molar-refractivity contribution in [3.8, 4) is 0 Å². The summed E-state index contributed by atoms with van der Waals surface area (Å²) in [6, 6.07) is 19.1. The van der Waals surface area contributed by atoms with Gasteiger partial charge in [-0.3, -0.25) is 14.6 Å². The number of nitrogens with zero attached hydrogens (tertiary/aromatic N) is 3. The molecular weight excluding hydrogens is 426 g/mol. The van der Waals surface area contributed by atoms with E-state index in [0.717, 1.165) is 69.7 Å². The van der Waals surface area contributed by atoms with Crippen molar-refractivity contribution < 1.29 is 4.79 Å². The number of piperazine rings is 1. The van der Waals surface area contributed by atoms with Crippen LogP contribution in [0.3, 0.4) is 0 Å². The van der Waals surface area contributed by atoms with Crippen LogP contribution in [0.25, 0.3) is 0 Å². The lowest BCUT2D eigenvalue weighted by Gasteiger charge is -2.38. The summed E-state index contributed by atoms with van der Waals surface area (Å²) in [7, 11) is 0. The van der Waals surface area contributed by atoms with Gasteiger partial charge in [-0.25, -0.2) is 0 Å². The molecule has 0 aliphatic carbocycles. The van der Waals surface area contributed by atoms with E-state index in [1.165, 1.54) is 11.1 Å². The van der Waals surface area contributed by atoms with Crippen molar-refractivity contribution in [1.82, 2.24) is 14.7 Å². The second kappa shape index (κ2) is 9.88. The molecule has 154 valence electrons. The van der Waals surface area contributed by atoms with Crippen molar-refractivity contribution >= 4 is 21.8 Å². The number of piperidine rings is 1. The maximum atomic E-state index is 13.0. The summed E-state index contributed by atoms with van der Waals surface area (Å²) in [6.45, 7) is 7.65. The van der Waals surface area contributed by atoms with Gasteiger partial charge >= 0.3 is 0 Å². The molecule has 0 bridgehead atoms. The Hall–Kier alpha value is -1.69. The topological polar surface area (TPSA) is 26.8 Å². The van der Waals surface area contributed by atoms with Gasteiger partial charge < -0.3 is 4.90 Å². The fraction of sp³-hybridized carbons (Fsp3) is 0.458. The van der Waals surface area contributed by atoms with Crippen molar-refractivity contribution in [1.29, 1.82) is 0 Å². The summed E-state index contributed by atoms with van der Waals surface area (Å²) in [5.74, 6) is 0.584. The molecule has 0 saturated carbocycles. The molecule has 0 aromatic heterocycles. The van der Waals surface area contributed by atoms with Crippen LogP contribution in [0.2, 0.25) is 0 Å². The standard InChI is InChI=1S/C24H30BrN3O/c25-23-8-4-7-21(17-23)19-26-11-9-22(10-12-26)24(29)28-15-13-27(14-16-28)18-20-5-2-1-3-6-20/h1-8,17,22H,9-16,18-19H2. The van der Waals surface area contributed by atoms with Gasteiger partial charge in [-0.2, -0.15) is 0 Å². The van der Waals surface area contributed by atoms with Crippen LogP contribution in [0, 0.1) is 5.92 Å². The second-order valence-electron chi connectivity index (χ2n) is 8.27. The molecule has 0 unspecified atom stereocenters. The molecule has 2 fully saturated rings. The molecule has 2 heterocycles. The van der Waals surface area contributed by atoms with Crippen molar-refractivity contribution in [3.05, 3.63) is 70.2 Å². The number of rotatable bonds is 5. The number of likely N-dealkylation sites (tertiary alicyclic amines) is 1. The van der Waals surface area contributed by atoms with E-state index in [2.05, 4.69) is 85.2 Å². The van der Waals surface area contributed by atoms with Crippen LogP contribution in [-0.4, -0.2) is 59.9 Å². The average Bonchev–Trinajstić information content (AvgIpc) is 2.75. The van der Waals surface area contributed by atoms with E-state index in [-0.39, 0.29) is 5.92 Å². The molecule has 1 amide bonds. The van der Waals surface area contributed by atoms with Gasteiger partial charge in [0.2, 0.25) is 5.91 Å². The minimum Gasteiger partial charge on any atom is -0.340 e. The fourth-order valence-electron chi connectivity index (χ4n) is 4.46. The number of hydrogen-bond donors (Lipinski definition) is 0. The minimum atomic E-state index is 0.203. The molecule has 2 aliphatic heterocycles. The molecule has 2 aromatic carbocycles. The largest absolute Gasteiger partial charge is 0.340 e. The third kappa shape index (κ3) is 5.68. The van der Waals surface area contributed by atoms with Crippen LogP contribution in [-0.2, 0) is 17.9 Å². The molecule has 0 atom stereocenters. The van der Waals surface area contributed by atoms with Crippen molar-refractivity contribution in [2.45, 2.75) is 25.9 Å². The average molecular weight is 456 g/mol. The molecule has 2 aliphatic rings. The number of hydrogen-bond acceptors (Lipinski definition) is 3. The molecule has 29 heavy (non-hydrogen) atoms. The molecule has 4 nitrogen and oxygen atoms in total. The van der Waals surface area contributed by atoms with E-state index in [9.17, 15) is 4.79 Å². The van der Waals surface area contributed by atoms with Crippen molar-refractivity contribution in [3.63, 3.8) is 0 Å². The van der Waals surface area contributed by atoms with E-state index < -0.39 is 0 Å². The first-order valence-corrected chi connectivity index (χ1v) is 11.5. The van der Waals surface area contributed by atoms with Crippen molar-refractivity contribution in [2.75, 3.05) is 39.3 Å². The van der Waals surface area contributed by atoms with Gasteiger partial charge in [0.25, 0.3) is 0 Å². The number of carbonyl (C=O) groups excluding carboxylic acids is 1. The molecule has 5 heteroatoms. The van der Waals surface area contributed by atoms with E-state index in [4.69, 9.17) is 0 Å². The third-order valence-corrected chi connectivity index (χ3v) is 6.66. The van der Waals surface area contributed by atoms with Crippen LogP contribution in [0.4, 0.5) is 0 Å². The van der Waals surface area contributed by atoms with Crippen LogP contribution in [0.1, 0.15) is 24.0 Å². The minimum absolute atomic E-state index is 0.203. The summed E-state index contributed by atoms with van der Waals surface area (Å²) >= 11 is 3.55. The Morgan fingerprint density at radius 2 is 1.41 bits per heavy atom. The molecule has 0 radical (unpaired) electrons. The summed E-state index contributed by atoms with van der Waals surface area (Å²) in [5, 5.41) is 0. The maximum Gasteiger partial charge on any atom is 0.225 e. The van der Waals surface area contributed by atoms with Gasteiger partial charge in [0, 0.05) is 49.7 Å². The van der Waals surface area contributed by atoms with Crippen molar-refractivity contribution in [2.24, 2.45) is 5.92 Å². The highest BCUT2D eigenvalue weighted by Crippen LogP contribution is 2.23. The van der Waals surface area contributed by atoms with E-state index in [1.807, 2.05) is 0 Å². The first-order valence-electron chi connectivity index (χ1n) is 10.7. The summed E-state index contributed by atoms with van der Waals surface area (Å²) in [6.07, 6.45) is 1.97. The highest BCUT2D eigenvalue weighted by Gasteiger charge is 2.30. The number of halogens is 1. The predicted octanol–water partition coefficient (Wildman–Crippen LogP) is 4.01. The molecular formula is C24H30BrN3O. The van der Waals surface area contributed by atoms with Gasteiger partial charge in [-0.05, 0) is 49.2 Å². The Labute approximate surface area is 182 Å². The first-order chi connectivity index (χ1) is 14.2. The summed E-state index contributed by atoms with van der Waals surface area (Å²) in [4.78, 5) is 20.1. The van der Waals surface area contributed by atoms with Gasteiger partial charge in [-0.15, -0.1) is 0 Å². The zero-order chi connectivity index (χ0) is 20.1. The van der Waals surface area contributed by atoms with E-state index >= 15 is 0 Å². The van der Waals surface area contributed by atoms with Gasteiger partial charge in [-0.1, -0.05) is 58.4 Å². The normalized spacial score (nSPS) is 19.4. The third-order valence-electron chi connectivity index (χ3n) is 6.16. The first kappa shape index (κ1) is 20.6. The lowest BCUT2D eigenvalue weighted by Crippen LogP contribution is -2.51. The highest BCUT2D eigenvalue weighted by atomic mass is 79.9. The number of amides is 1. The Morgan fingerprint density at radius 3 is 2.10 bits per heavy atom. The predicted molar refractivity (Wildman–Crippen MR) is 120 cm³/mol. The number of benzene rings is 2. The summed E-state index contributed by atoms with van der Waals surface area (Å²) < 4.78 is 1.13. The molecule has 0 N–H and O–H groups in total. The zero-order valence-corrected chi connectivity index (χ0v) is 18.6. The van der Waals surface area contributed by atoms with Crippen LogP contribution < -0.4 is 0 Å². The van der Waals surface area contributed by atoms with Gasteiger partial charge in [0.1, 0.15) is 0 Å². The van der Waals surface area contributed by atoms with Gasteiger partial charge in [0.05, 0.1) is 0 Å². The van der Waals surface area contributed by atoms with Crippen LogP contribution >= 0.6 is 15.9 Å². The molecule has 2 saturated heterocycles. The van der Waals surface area contributed by atoms with E-state index in [1.54, 1.807) is 0 Å².